The monoisotopic (exact) mass is 215 g/mol. The summed E-state index contributed by atoms with van der Waals surface area (Å²) in [5, 5.41) is 3.08. The summed E-state index contributed by atoms with van der Waals surface area (Å²) in [4.78, 5) is 13.3. The number of likely N-dealkylation sites (tertiary alicyclic amines) is 1. The Morgan fingerprint density at radius 2 is 2.47 bits per heavy atom. The third-order valence-electron chi connectivity index (χ3n) is 2.80. The highest BCUT2D eigenvalue weighted by molar-refractivity contribution is 5.80. The first-order valence-corrected chi connectivity index (χ1v) is 5.45. The molecule has 0 aromatic heterocycles. The van der Waals surface area contributed by atoms with Crippen LogP contribution in [0.5, 0.6) is 0 Å². The SMILES string of the molecule is CCNC(CN1CCC(OC)C1)C(N)=O. The van der Waals surface area contributed by atoms with Crippen LogP contribution in [0.4, 0.5) is 0 Å². The Balaban J connectivity index is 2.35. The molecule has 1 fully saturated rings. The van der Waals surface area contributed by atoms with Crippen LogP contribution in [0.2, 0.25) is 0 Å². The lowest BCUT2D eigenvalue weighted by atomic mass is 10.2. The van der Waals surface area contributed by atoms with E-state index in [1.807, 2.05) is 6.92 Å². The highest BCUT2D eigenvalue weighted by atomic mass is 16.5. The number of nitrogens with zero attached hydrogens (tertiary/aromatic N) is 1. The average Bonchev–Trinajstić information content (AvgIpc) is 2.65. The van der Waals surface area contributed by atoms with Crippen LogP contribution in [0.1, 0.15) is 13.3 Å². The first kappa shape index (κ1) is 12.4. The molecule has 0 aliphatic carbocycles. The summed E-state index contributed by atoms with van der Waals surface area (Å²) in [6.07, 6.45) is 1.34. The van der Waals surface area contributed by atoms with Crippen LogP contribution in [0, 0.1) is 0 Å². The van der Waals surface area contributed by atoms with Crippen LogP contribution < -0.4 is 11.1 Å². The van der Waals surface area contributed by atoms with Crippen molar-refractivity contribution in [2.75, 3.05) is 33.3 Å². The van der Waals surface area contributed by atoms with Crippen molar-refractivity contribution in [2.24, 2.45) is 5.73 Å². The van der Waals surface area contributed by atoms with Gasteiger partial charge in [-0.15, -0.1) is 0 Å². The zero-order valence-electron chi connectivity index (χ0n) is 9.53. The maximum atomic E-state index is 11.1. The molecule has 1 saturated heterocycles. The third-order valence-corrected chi connectivity index (χ3v) is 2.80. The summed E-state index contributed by atoms with van der Waals surface area (Å²) in [6, 6.07) is -0.245. The van der Waals surface area contributed by atoms with Crippen molar-refractivity contribution >= 4 is 5.91 Å². The lowest BCUT2D eigenvalue weighted by Gasteiger charge is -2.21. The van der Waals surface area contributed by atoms with Crippen LogP contribution in [-0.4, -0.2) is 56.2 Å². The minimum absolute atomic E-state index is 0.245. The molecule has 0 radical (unpaired) electrons. The second-order valence-electron chi connectivity index (χ2n) is 3.92. The Morgan fingerprint density at radius 1 is 1.73 bits per heavy atom. The summed E-state index contributed by atoms with van der Waals surface area (Å²) >= 11 is 0. The number of likely N-dealkylation sites (N-methyl/N-ethyl adjacent to an activating group) is 1. The van der Waals surface area contributed by atoms with Gasteiger partial charge < -0.3 is 15.8 Å². The molecule has 1 heterocycles. The van der Waals surface area contributed by atoms with Crippen LogP contribution >= 0.6 is 0 Å². The smallest absolute Gasteiger partial charge is 0.235 e. The van der Waals surface area contributed by atoms with Crippen molar-refractivity contribution in [1.29, 1.82) is 0 Å². The molecular weight excluding hydrogens is 194 g/mol. The summed E-state index contributed by atoms with van der Waals surface area (Å²) in [5.74, 6) is -0.280. The predicted octanol–water partition coefficient (Wildman–Crippen LogP) is -0.829. The van der Waals surface area contributed by atoms with E-state index >= 15 is 0 Å². The van der Waals surface area contributed by atoms with E-state index in [1.165, 1.54) is 0 Å². The number of carbonyl (C=O) groups is 1. The van der Waals surface area contributed by atoms with Crippen LogP contribution in [-0.2, 0) is 9.53 Å². The van der Waals surface area contributed by atoms with E-state index in [-0.39, 0.29) is 11.9 Å². The normalized spacial score (nSPS) is 24.3. The zero-order chi connectivity index (χ0) is 11.3. The molecule has 2 unspecified atom stereocenters. The van der Waals surface area contributed by atoms with E-state index in [2.05, 4.69) is 10.2 Å². The largest absolute Gasteiger partial charge is 0.380 e. The number of nitrogens with two attached hydrogens (primary N) is 1. The van der Waals surface area contributed by atoms with Crippen LogP contribution in [0.15, 0.2) is 0 Å². The Kier molecular flexibility index (Phi) is 5.01. The fraction of sp³-hybridized carbons (Fsp3) is 0.900. The number of methoxy groups -OCH3 is 1. The lowest BCUT2D eigenvalue weighted by molar-refractivity contribution is -0.120. The summed E-state index contributed by atoms with van der Waals surface area (Å²) in [7, 11) is 1.73. The number of hydrogen-bond donors (Lipinski definition) is 2. The van der Waals surface area contributed by atoms with E-state index < -0.39 is 0 Å². The number of amides is 1. The molecule has 1 aliphatic heterocycles. The van der Waals surface area contributed by atoms with Gasteiger partial charge in [-0.05, 0) is 13.0 Å². The number of hydrogen-bond acceptors (Lipinski definition) is 4. The molecule has 1 aliphatic rings. The van der Waals surface area contributed by atoms with Crippen molar-refractivity contribution in [1.82, 2.24) is 10.2 Å². The topological polar surface area (TPSA) is 67.6 Å². The summed E-state index contributed by atoms with van der Waals surface area (Å²) in [5.41, 5.74) is 5.31. The van der Waals surface area contributed by atoms with Gasteiger partial charge in [-0.3, -0.25) is 9.69 Å². The number of ether oxygens (including phenoxy) is 1. The van der Waals surface area contributed by atoms with Gasteiger partial charge >= 0.3 is 0 Å². The maximum absolute atomic E-state index is 11.1. The van der Waals surface area contributed by atoms with Gasteiger partial charge in [-0.1, -0.05) is 6.92 Å². The summed E-state index contributed by atoms with van der Waals surface area (Å²) < 4.78 is 5.27. The molecule has 5 nitrogen and oxygen atoms in total. The first-order valence-electron chi connectivity index (χ1n) is 5.45. The highest BCUT2D eigenvalue weighted by Crippen LogP contribution is 2.11. The Bertz CT molecular complexity index is 211. The molecule has 0 saturated carbocycles. The van der Waals surface area contributed by atoms with Crippen LogP contribution in [0.25, 0.3) is 0 Å². The number of carbonyl (C=O) groups excluding carboxylic acids is 1. The molecule has 15 heavy (non-hydrogen) atoms. The van der Waals surface area contributed by atoms with Crippen molar-refractivity contribution in [3.05, 3.63) is 0 Å². The van der Waals surface area contributed by atoms with Crippen molar-refractivity contribution < 1.29 is 9.53 Å². The lowest BCUT2D eigenvalue weighted by Crippen LogP contribution is -2.48. The molecule has 1 amide bonds. The van der Waals surface area contributed by atoms with Gasteiger partial charge in [0, 0.05) is 26.7 Å². The van der Waals surface area contributed by atoms with Gasteiger partial charge in [0.25, 0.3) is 0 Å². The van der Waals surface area contributed by atoms with E-state index in [9.17, 15) is 4.79 Å². The quantitative estimate of drug-likeness (QED) is 0.607. The second kappa shape index (κ2) is 6.05. The molecule has 88 valence electrons. The molecule has 0 aromatic carbocycles. The van der Waals surface area contributed by atoms with Gasteiger partial charge in [0.15, 0.2) is 0 Å². The maximum Gasteiger partial charge on any atom is 0.235 e. The minimum Gasteiger partial charge on any atom is -0.380 e. The molecule has 0 bridgehead atoms. The van der Waals surface area contributed by atoms with E-state index in [1.54, 1.807) is 7.11 Å². The van der Waals surface area contributed by atoms with Gasteiger partial charge in [0.2, 0.25) is 5.91 Å². The molecular formula is C10H21N3O2. The number of nitrogens with one attached hydrogen (secondary N) is 1. The second-order valence-corrected chi connectivity index (χ2v) is 3.92. The Morgan fingerprint density at radius 3 is 2.93 bits per heavy atom. The van der Waals surface area contributed by atoms with Crippen molar-refractivity contribution in [3.63, 3.8) is 0 Å². The molecule has 1 rings (SSSR count). The molecule has 5 heteroatoms. The zero-order valence-corrected chi connectivity index (χ0v) is 9.53. The number of primary amides is 1. The van der Waals surface area contributed by atoms with Gasteiger partial charge in [-0.2, -0.15) is 0 Å². The van der Waals surface area contributed by atoms with Gasteiger partial charge in [0.05, 0.1) is 12.1 Å². The Hall–Kier alpha value is -0.650. The Labute approximate surface area is 90.9 Å². The van der Waals surface area contributed by atoms with E-state index in [4.69, 9.17) is 10.5 Å². The van der Waals surface area contributed by atoms with Gasteiger partial charge in [-0.25, -0.2) is 0 Å². The third kappa shape index (κ3) is 3.77. The minimum atomic E-state index is -0.280. The molecule has 2 atom stereocenters. The van der Waals surface area contributed by atoms with Crippen molar-refractivity contribution in [2.45, 2.75) is 25.5 Å². The standard InChI is InChI=1S/C10H21N3O2/c1-3-12-9(10(11)14)7-13-5-4-8(6-13)15-2/h8-9,12H,3-7H2,1-2H3,(H2,11,14). The highest BCUT2D eigenvalue weighted by Gasteiger charge is 2.25. The predicted molar refractivity (Wildman–Crippen MR) is 58.5 cm³/mol. The molecule has 0 spiro atoms. The number of rotatable bonds is 6. The molecule has 0 aromatic rings. The van der Waals surface area contributed by atoms with E-state index in [0.717, 1.165) is 26.1 Å². The molecule has 3 N–H and O–H groups in total. The van der Waals surface area contributed by atoms with E-state index in [0.29, 0.717) is 12.6 Å². The first-order chi connectivity index (χ1) is 7.17. The fourth-order valence-electron chi connectivity index (χ4n) is 1.92. The van der Waals surface area contributed by atoms with Gasteiger partial charge in [0.1, 0.15) is 0 Å². The van der Waals surface area contributed by atoms with Crippen LogP contribution in [0.3, 0.4) is 0 Å². The average molecular weight is 215 g/mol. The fourth-order valence-corrected chi connectivity index (χ4v) is 1.92. The van der Waals surface area contributed by atoms with Crippen molar-refractivity contribution in [3.8, 4) is 0 Å². The summed E-state index contributed by atoms with van der Waals surface area (Å²) in [6.45, 7) is 5.29.